The molecular weight excluding hydrogens is 276 g/mol. The quantitative estimate of drug-likeness (QED) is 0.798. The van der Waals surface area contributed by atoms with Crippen molar-refractivity contribution in [2.45, 2.75) is 6.54 Å². The molecule has 2 aromatic carbocycles. The zero-order valence-corrected chi connectivity index (χ0v) is 12.1. The zero-order chi connectivity index (χ0) is 15.4. The number of nitrogens with one attached hydrogen (secondary N) is 1. The monoisotopic (exact) mass is 290 g/mol. The number of aromatic nitrogens is 4. The van der Waals surface area contributed by atoms with E-state index in [-0.39, 0.29) is 0 Å². The molecule has 0 radical (unpaired) electrons. The maximum atomic E-state index is 9.11. The number of hydrogen-bond donors (Lipinski definition) is 1. The predicted molar refractivity (Wildman–Crippen MR) is 82.7 cm³/mol. The average molecular weight is 290 g/mol. The maximum Gasteiger partial charge on any atom is 0.181 e. The molecule has 1 aromatic heterocycles. The van der Waals surface area contributed by atoms with Crippen LogP contribution in [0, 0.1) is 11.3 Å². The van der Waals surface area contributed by atoms with Gasteiger partial charge in [-0.15, -0.1) is 5.10 Å². The van der Waals surface area contributed by atoms with Crippen molar-refractivity contribution in [3.63, 3.8) is 0 Å². The van der Waals surface area contributed by atoms with Gasteiger partial charge in [-0.3, -0.25) is 0 Å². The third kappa shape index (κ3) is 2.79. The third-order valence-electron chi connectivity index (χ3n) is 3.36. The minimum Gasteiger partial charge on any atom is -0.381 e. The van der Waals surface area contributed by atoms with Crippen LogP contribution in [0.25, 0.3) is 11.4 Å². The van der Waals surface area contributed by atoms with Gasteiger partial charge < -0.3 is 5.32 Å². The number of nitrogens with zero attached hydrogens (tertiary/aromatic N) is 5. The molecule has 0 atom stereocenters. The maximum absolute atomic E-state index is 9.11. The Morgan fingerprint density at radius 2 is 2.05 bits per heavy atom. The van der Waals surface area contributed by atoms with E-state index in [1.165, 1.54) is 0 Å². The second kappa shape index (κ2) is 6.06. The molecule has 0 aliphatic carbocycles. The summed E-state index contributed by atoms with van der Waals surface area (Å²) in [6.45, 7) is 0.588. The molecule has 0 saturated heterocycles. The number of nitriles is 1. The molecule has 3 rings (SSSR count). The predicted octanol–water partition coefficient (Wildman–Crippen LogP) is 2.36. The van der Waals surface area contributed by atoms with Gasteiger partial charge in [-0.25, -0.2) is 4.68 Å². The first-order valence-corrected chi connectivity index (χ1v) is 6.82. The Kier molecular flexibility index (Phi) is 3.79. The molecule has 0 saturated carbocycles. The van der Waals surface area contributed by atoms with Crippen LogP contribution >= 0.6 is 0 Å². The summed E-state index contributed by atoms with van der Waals surface area (Å²) in [5, 5.41) is 23.9. The van der Waals surface area contributed by atoms with Crippen LogP contribution in [0.1, 0.15) is 11.1 Å². The summed E-state index contributed by atoms with van der Waals surface area (Å²) in [6, 6.07) is 17.6. The molecule has 1 N–H and O–H groups in total. The van der Waals surface area contributed by atoms with Gasteiger partial charge in [0, 0.05) is 24.8 Å². The van der Waals surface area contributed by atoms with E-state index in [1.54, 1.807) is 11.7 Å². The van der Waals surface area contributed by atoms with Gasteiger partial charge in [0.25, 0.3) is 0 Å². The Labute approximate surface area is 128 Å². The standard InChI is InChI=1S/C16H14N6/c1-22-16(19-20-21-22)12-7-4-8-15(9-12)18-11-14-6-3-2-5-13(14)10-17/h2-9,18H,11H2,1H3. The van der Waals surface area contributed by atoms with E-state index in [1.807, 2.05) is 48.5 Å². The average Bonchev–Trinajstić information content (AvgIpc) is 2.99. The van der Waals surface area contributed by atoms with Gasteiger partial charge in [-0.05, 0) is 34.2 Å². The van der Waals surface area contributed by atoms with Gasteiger partial charge in [-0.2, -0.15) is 5.26 Å². The molecule has 22 heavy (non-hydrogen) atoms. The first kappa shape index (κ1) is 13.8. The molecule has 0 fully saturated rings. The summed E-state index contributed by atoms with van der Waals surface area (Å²) in [5.74, 6) is 0.709. The summed E-state index contributed by atoms with van der Waals surface area (Å²) in [7, 11) is 1.80. The largest absolute Gasteiger partial charge is 0.381 e. The highest BCUT2D eigenvalue weighted by Gasteiger charge is 2.06. The van der Waals surface area contributed by atoms with Crippen LogP contribution in [0.3, 0.4) is 0 Å². The number of hydrogen-bond acceptors (Lipinski definition) is 5. The second-order valence-electron chi connectivity index (χ2n) is 4.83. The van der Waals surface area contributed by atoms with Crippen LogP contribution in [0.2, 0.25) is 0 Å². The Bertz CT molecular complexity index is 830. The van der Waals surface area contributed by atoms with E-state index in [4.69, 9.17) is 5.26 Å². The fourth-order valence-corrected chi connectivity index (χ4v) is 2.22. The van der Waals surface area contributed by atoms with E-state index >= 15 is 0 Å². The summed E-state index contributed by atoms with van der Waals surface area (Å²) in [4.78, 5) is 0. The van der Waals surface area contributed by atoms with E-state index in [2.05, 4.69) is 26.9 Å². The molecule has 3 aromatic rings. The van der Waals surface area contributed by atoms with Gasteiger partial charge in [0.2, 0.25) is 0 Å². The molecule has 0 amide bonds. The first-order chi connectivity index (χ1) is 10.8. The van der Waals surface area contributed by atoms with Crippen LogP contribution in [0.4, 0.5) is 5.69 Å². The van der Waals surface area contributed by atoms with Crippen molar-refractivity contribution in [2.24, 2.45) is 7.05 Å². The lowest BCUT2D eigenvalue weighted by Crippen LogP contribution is -2.02. The number of tetrazole rings is 1. The van der Waals surface area contributed by atoms with Crippen molar-refractivity contribution < 1.29 is 0 Å². The molecule has 0 aliphatic rings. The summed E-state index contributed by atoms with van der Waals surface area (Å²) in [5.41, 5.74) is 3.54. The number of benzene rings is 2. The third-order valence-corrected chi connectivity index (χ3v) is 3.36. The Morgan fingerprint density at radius 1 is 1.18 bits per heavy atom. The number of aryl methyl sites for hydroxylation is 1. The van der Waals surface area contributed by atoms with Crippen LogP contribution in [0.15, 0.2) is 48.5 Å². The van der Waals surface area contributed by atoms with Crippen LogP contribution in [-0.4, -0.2) is 20.2 Å². The molecule has 1 heterocycles. The molecular formula is C16H14N6. The molecule has 0 aliphatic heterocycles. The highest BCUT2D eigenvalue weighted by Crippen LogP contribution is 2.20. The van der Waals surface area contributed by atoms with Crippen LogP contribution < -0.4 is 5.32 Å². The minimum absolute atomic E-state index is 0.588. The van der Waals surface area contributed by atoms with Gasteiger partial charge in [0.15, 0.2) is 5.82 Å². The van der Waals surface area contributed by atoms with Crippen LogP contribution in [-0.2, 0) is 13.6 Å². The van der Waals surface area contributed by atoms with E-state index in [0.717, 1.165) is 16.8 Å². The number of rotatable bonds is 4. The lowest BCUT2D eigenvalue weighted by Gasteiger charge is -2.09. The van der Waals surface area contributed by atoms with E-state index < -0.39 is 0 Å². The Hall–Kier alpha value is -3.20. The van der Waals surface area contributed by atoms with Crippen molar-refractivity contribution in [1.29, 1.82) is 5.26 Å². The second-order valence-corrected chi connectivity index (χ2v) is 4.83. The SMILES string of the molecule is Cn1nnnc1-c1cccc(NCc2ccccc2C#N)c1. The summed E-state index contributed by atoms with van der Waals surface area (Å²) >= 11 is 0. The van der Waals surface area contributed by atoms with Crippen molar-refractivity contribution in [1.82, 2.24) is 20.2 Å². The fraction of sp³-hybridized carbons (Fsp3) is 0.125. The molecule has 0 spiro atoms. The molecule has 0 unspecified atom stereocenters. The zero-order valence-electron chi connectivity index (χ0n) is 12.1. The van der Waals surface area contributed by atoms with Crippen molar-refractivity contribution in [3.8, 4) is 17.5 Å². The Morgan fingerprint density at radius 3 is 2.82 bits per heavy atom. The fourth-order valence-electron chi connectivity index (χ4n) is 2.22. The first-order valence-electron chi connectivity index (χ1n) is 6.82. The van der Waals surface area contributed by atoms with E-state index in [0.29, 0.717) is 17.9 Å². The van der Waals surface area contributed by atoms with Gasteiger partial charge in [-0.1, -0.05) is 30.3 Å². The normalized spacial score (nSPS) is 10.2. The van der Waals surface area contributed by atoms with Gasteiger partial charge in [0.05, 0.1) is 11.6 Å². The molecule has 0 bridgehead atoms. The lowest BCUT2D eigenvalue weighted by atomic mass is 10.1. The minimum atomic E-state index is 0.588. The van der Waals surface area contributed by atoms with Crippen molar-refractivity contribution in [3.05, 3.63) is 59.7 Å². The smallest absolute Gasteiger partial charge is 0.181 e. The topological polar surface area (TPSA) is 79.4 Å². The van der Waals surface area contributed by atoms with Crippen molar-refractivity contribution in [2.75, 3.05) is 5.32 Å². The molecule has 6 heteroatoms. The highest BCUT2D eigenvalue weighted by molar-refractivity contribution is 5.62. The molecule has 108 valence electrons. The number of anilines is 1. The van der Waals surface area contributed by atoms with Crippen molar-refractivity contribution >= 4 is 5.69 Å². The Balaban J connectivity index is 1.79. The van der Waals surface area contributed by atoms with Crippen LogP contribution in [0.5, 0.6) is 0 Å². The van der Waals surface area contributed by atoms with Gasteiger partial charge in [0.1, 0.15) is 0 Å². The lowest BCUT2D eigenvalue weighted by molar-refractivity contribution is 0.714. The van der Waals surface area contributed by atoms with Gasteiger partial charge >= 0.3 is 0 Å². The highest BCUT2D eigenvalue weighted by atomic mass is 15.5. The molecule has 6 nitrogen and oxygen atoms in total. The summed E-state index contributed by atoms with van der Waals surface area (Å²) in [6.07, 6.45) is 0. The van der Waals surface area contributed by atoms with E-state index in [9.17, 15) is 0 Å². The summed E-state index contributed by atoms with van der Waals surface area (Å²) < 4.78 is 1.63.